The fourth-order valence-corrected chi connectivity index (χ4v) is 1.37. The number of anilines is 2. The van der Waals surface area contributed by atoms with Gasteiger partial charge in [0, 0.05) is 32.6 Å². The lowest BCUT2D eigenvalue weighted by molar-refractivity contribution is 0.764. The van der Waals surface area contributed by atoms with Gasteiger partial charge in [-0.05, 0) is 0 Å². The van der Waals surface area contributed by atoms with Gasteiger partial charge in [0.25, 0.3) is 0 Å². The Kier molecular flexibility index (Phi) is 4.70. The van der Waals surface area contributed by atoms with Crippen LogP contribution in [0.4, 0.5) is 11.6 Å². The van der Waals surface area contributed by atoms with Gasteiger partial charge in [-0.1, -0.05) is 13.8 Å². The first-order valence-corrected chi connectivity index (χ1v) is 5.73. The number of rotatable bonds is 5. The first-order chi connectivity index (χ1) is 8.08. The molecule has 0 fully saturated rings. The van der Waals surface area contributed by atoms with Crippen LogP contribution in [0.1, 0.15) is 32.0 Å². The summed E-state index contributed by atoms with van der Waals surface area (Å²) in [6.45, 7) is 4.80. The second-order valence-electron chi connectivity index (χ2n) is 4.20. The fraction of sp³-hybridized carbons (Fsp3) is 0.583. The van der Waals surface area contributed by atoms with Crippen molar-refractivity contribution in [1.82, 2.24) is 9.97 Å². The molecule has 0 radical (unpaired) electrons. The topological polar surface area (TPSA) is 64.8 Å². The van der Waals surface area contributed by atoms with E-state index in [0.29, 0.717) is 13.0 Å². The van der Waals surface area contributed by atoms with Crippen molar-refractivity contribution in [3.05, 3.63) is 11.9 Å². The maximum Gasteiger partial charge on any atom is 0.135 e. The van der Waals surface area contributed by atoms with Gasteiger partial charge in [0.2, 0.25) is 0 Å². The molecule has 0 saturated heterocycles. The number of nitrogens with one attached hydrogen (secondary N) is 1. The minimum absolute atomic E-state index is 0.284. The molecule has 5 nitrogen and oxygen atoms in total. The molecule has 0 atom stereocenters. The predicted molar refractivity (Wildman–Crippen MR) is 69.2 cm³/mol. The third-order valence-electron chi connectivity index (χ3n) is 2.45. The second-order valence-corrected chi connectivity index (χ2v) is 4.20. The largest absolute Gasteiger partial charge is 0.373 e. The number of nitrogens with zero attached hydrogens (tertiary/aromatic N) is 4. The molecule has 0 bridgehead atoms. The molecule has 0 aliphatic carbocycles. The highest BCUT2D eigenvalue weighted by molar-refractivity contribution is 5.49. The van der Waals surface area contributed by atoms with Crippen LogP contribution in [0.5, 0.6) is 0 Å². The van der Waals surface area contributed by atoms with Crippen molar-refractivity contribution in [2.24, 2.45) is 0 Å². The van der Waals surface area contributed by atoms with Crippen LogP contribution in [-0.2, 0) is 0 Å². The lowest BCUT2D eigenvalue weighted by atomic mass is 10.2. The normalized spacial score (nSPS) is 10.1. The molecule has 0 aliphatic heterocycles. The van der Waals surface area contributed by atoms with Gasteiger partial charge in [0.1, 0.15) is 17.5 Å². The van der Waals surface area contributed by atoms with Gasteiger partial charge in [-0.25, -0.2) is 9.97 Å². The molecule has 5 heteroatoms. The van der Waals surface area contributed by atoms with Gasteiger partial charge in [-0.15, -0.1) is 0 Å². The van der Waals surface area contributed by atoms with E-state index in [1.165, 1.54) is 0 Å². The number of hydrogen-bond donors (Lipinski definition) is 1. The Morgan fingerprint density at radius 1 is 1.47 bits per heavy atom. The van der Waals surface area contributed by atoms with Crippen LogP contribution < -0.4 is 10.2 Å². The van der Waals surface area contributed by atoms with E-state index in [1.807, 2.05) is 25.1 Å². The van der Waals surface area contributed by atoms with Crippen LogP contribution >= 0.6 is 0 Å². The molecule has 1 aromatic heterocycles. The average molecular weight is 233 g/mol. The summed E-state index contributed by atoms with van der Waals surface area (Å²) in [4.78, 5) is 10.9. The monoisotopic (exact) mass is 233 g/mol. The molecular formula is C12H19N5. The molecule has 0 saturated carbocycles. The Hall–Kier alpha value is -1.83. The number of hydrogen-bond acceptors (Lipinski definition) is 5. The molecule has 1 rings (SSSR count). The Labute approximate surface area is 102 Å². The van der Waals surface area contributed by atoms with Gasteiger partial charge in [-0.2, -0.15) is 5.26 Å². The van der Waals surface area contributed by atoms with Crippen molar-refractivity contribution in [3.63, 3.8) is 0 Å². The zero-order valence-electron chi connectivity index (χ0n) is 10.9. The van der Waals surface area contributed by atoms with E-state index < -0.39 is 0 Å². The summed E-state index contributed by atoms with van der Waals surface area (Å²) in [6.07, 6.45) is 0.492. The zero-order chi connectivity index (χ0) is 12.8. The summed E-state index contributed by atoms with van der Waals surface area (Å²) >= 11 is 0. The standard InChI is InChI=1S/C12H19N5/c1-9(2)12-15-10(14-3)8-11(16-12)17(4)7-5-6-13/h8-9H,5,7H2,1-4H3,(H,14,15,16). The minimum Gasteiger partial charge on any atom is -0.373 e. The van der Waals surface area contributed by atoms with E-state index in [4.69, 9.17) is 5.26 Å². The molecule has 0 amide bonds. The van der Waals surface area contributed by atoms with Crippen molar-refractivity contribution in [1.29, 1.82) is 5.26 Å². The summed E-state index contributed by atoms with van der Waals surface area (Å²) in [5.41, 5.74) is 0. The summed E-state index contributed by atoms with van der Waals surface area (Å²) < 4.78 is 0. The van der Waals surface area contributed by atoms with Crippen LogP contribution in [0, 0.1) is 11.3 Å². The van der Waals surface area contributed by atoms with E-state index in [-0.39, 0.29) is 5.92 Å². The third kappa shape index (κ3) is 3.59. The summed E-state index contributed by atoms with van der Waals surface area (Å²) in [5.74, 6) is 2.76. The first-order valence-electron chi connectivity index (χ1n) is 5.73. The summed E-state index contributed by atoms with van der Waals surface area (Å²) in [7, 11) is 3.77. The van der Waals surface area contributed by atoms with Crippen LogP contribution in [0.15, 0.2) is 6.07 Å². The van der Waals surface area contributed by atoms with E-state index in [1.54, 1.807) is 0 Å². The molecular weight excluding hydrogens is 214 g/mol. The molecule has 1 aromatic rings. The van der Waals surface area contributed by atoms with Crippen molar-refractivity contribution < 1.29 is 0 Å². The Bertz CT molecular complexity index is 408. The fourth-order valence-electron chi connectivity index (χ4n) is 1.37. The van der Waals surface area contributed by atoms with Gasteiger partial charge < -0.3 is 10.2 Å². The highest BCUT2D eigenvalue weighted by Gasteiger charge is 2.10. The Morgan fingerprint density at radius 3 is 2.71 bits per heavy atom. The minimum atomic E-state index is 0.284. The molecule has 0 aliphatic rings. The molecule has 92 valence electrons. The van der Waals surface area contributed by atoms with Crippen LogP contribution in [0.2, 0.25) is 0 Å². The summed E-state index contributed by atoms with van der Waals surface area (Å²) in [6, 6.07) is 4.03. The Balaban J connectivity index is 2.98. The predicted octanol–water partition coefficient (Wildman–Crippen LogP) is 1.99. The molecule has 0 spiro atoms. The van der Waals surface area contributed by atoms with Crippen LogP contribution in [0.25, 0.3) is 0 Å². The van der Waals surface area contributed by atoms with Gasteiger partial charge >= 0.3 is 0 Å². The molecule has 1 N–H and O–H groups in total. The molecule has 17 heavy (non-hydrogen) atoms. The first kappa shape index (κ1) is 13.2. The van der Waals surface area contributed by atoms with Crippen LogP contribution in [-0.4, -0.2) is 30.6 Å². The quantitative estimate of drug-likeness (QED) is 0.842. The maximum atomic E-state index is 8.58. The van der Waals surface area contributed by atoms with Crippen molar-refractivity contribution in [2.45, 2.75) is 26.2 Å². The van der Waals surface area contributed by atoms with E-state index in [2.05, 4.69) is 35.2 Å². The summed E-state index contributed by atoms with van der Waals surface area (Å²) in [5, 5.41) is 11.6. The molecule has 0 aromatic carbocycles. The van der Waals surface area contributed by atoms with Crippen LogP contribution in [0.3, 0.4) is 0 Å². The maximum absolute atomic E-state index is 8.58. The number of aromatic nitrogens is 2. The highest BCUT2D eigenvalue weighted by Crippen LogP contribution is 2.18. The van der Waals surface area contributed by atoms with Crippen molar-refractivity contribution in [3.8, 4) is 6.07 Å². The number of nitriles is 1. The lowest BCUT2D eigenvalue weighted by Gasteiger charge is -2.18. The van der Waals surface area contributed by atoms with Crippen molar-refractivity contribution >= 4 is 11.6 Å². The Morgan fingerprint density at radius 2 is 2.18 bits per heavy atom. The zero-order valence-corrected chi connectivity index (χ0v) is 10.9. The van der Waals surface area contributed by atoms with Gasteiger partial charge in [0.05, 0.1) is 12.5 Å². The highest BCUT2D eigenvalue weighted by atomic mass is 15.2. The van der Waals surface area contributed by atoms with E-state index in [9.17, 15) is 0 Å². The smallest absolute Gasteiger partial charge is 0.135 e. The molecule has 1 heterocycles. The van der Waals surface area contributed by atoms with Crippen molar-refractivity contribution in [2.75, 3.05) is 30.9 Å². The van der Waals surface area contributed by atoms with Gasteiger partial charge in [-0.3, -0.25) is 0 Å². The molecule has 0 unspecified atom stereocenters. The van der Waals surface area contributed by atoms with E-state index in [0.717, 1.165) is 17.5 Å². The second kappa shape index (κ2) is 6.04. The lowest BCUT2D eigenvalue weighted by Crippen LogP contribution is -2.20. The average Bonchev–Trinajstić information content (AvgIpc) is 2.35. The van der Waals surface area contributed by atoms with Gasteiger partial charge in [0.15, 0.2) is 0 Å². The van der Waals surface area contributed by atoms with E-state index >= 15 is 0 Å². The third-order valence-corrected chi connectivity index (χ3v) is 2.45. The SMILES string of the molecule is CNc1cc(N(C)CCC#N)nc(C(C)C)n1.